The number of aromatic amines is 1. The van der Waals surface area contributed by atoms with Crippen LogP contribution in [0.2, 0.25) is 5.02 Å². The number of rotatable bonds is 9. The molecule has 1 heterocycles. The molecule has 4 N–H and O–H groups in total. The standard InChI is InChI=1S/C22H23ClN6O5/c1-28(2)21(32)19-24-18(25-26-19)20(31)27-29(12-17(30)22(33)34)11-13-6-8-14(9-7-13)15-4-3-5-16(23)10-15/h3-10,17,30H,11-12H2,1-2H3,(H,27,31)(H,33,34)(H,24,25,26). The Bertz CT molecular complexity index is 1180. The quantitative estimate of drug-likeness (QED) is 0.331. The van der Waals surface area contributed by atoms with Crippen molar-refractivity contribution in [3.8, 4) is 11.1 Å². The Labute approximate surface area is 199 Å². The summed E-state index contributed by atoms with van der Waals surface area (Å²) in [5.74, 6) is -3.11. The maximum absolute atomic E-state index is 12.6. The molecule has 2 aromatic carbocycles. The van der Waals surface area contributed by atoms with Crippen molar-refractivity contribution in [3.63, 3.8) is 0 Å². The van der Waals surface area contributed by atoms with Crippen LogP contribution in [0.3, 0.4) is 0 Å². The molecule has 0 radical (unpaired) electrons. The van der Waals surface area contributed by atoms with Gasteiger partial charge in [0.05, 0.1) is 6.54 Å². The van der Waals surface area contributed by atoms with E-state index in [-0.39, 0.29) is 18.2 Å². The van der Waals surface area contributed by atoms with E-state index in [1.807, 2.05) is 42.5 Å². The van der Waals surface area contributed by atoms with Crippen LogP contribution in [0.15, 0.2) is 48.5 Å². The summed E-state index contributed by atoms with van der Waals surface area (Å²) in [5, 5.41) is 26.9. The lowest BCUT2D eigenvalue weighted by Crippen LogP contribution is -2.47. The van der Waals surface area contributed by atoms with E-state index in [0.717, 1.165) is 16.7 Å². The van der Waals surface area contributed by atoms with Crippen LogP contribution < -0.4 is 5.43 Å². The summed E-state index contributed by atoms with van der Waals surface area (Å²) in [6.45, 7) is -0.315. The number of carbonyl (C=O) groups is 3. The number of aliphatic hydroxyl groups is 1. The second kappa shape index (κ2) is 10.9. The second-order valence-corrected chi connectivity index (χ2v) is 8.03. The van der Waals surface area contributed by atoms with Crippen LogP contribution in [0.25, 0.3) is 11.1 Å². The molecule has 3 aromatic rings. The fraction of sp³-hybridized carbons (Fsp3) is 0.227. The first-order valence-electron chi connectivity index (χ1n) is 10.1. The number of nitrogens with zero attached hydrogens (tertiary/aromatic N) is 4. The van der Waals surface area contributed by atoms with Gasteiger partial charge in [0.15, 0.2) is 6.10 Å². The van der Waals surface area contributed by atoms with Crippen molar-refractivity contribution in [2.24, 2.45) is 0 Å². The van der Waals surface area contributed by atoms with Crippen LogP contribution in [0.4, 0.5) is 0 Å². The first-order valence-corrected chi connectivity index (χ1v) is 10.5. The molecule has 1 aromatic heterocycles. The van der Waals surface area contributed by atoms with Crippen LogP contribution in [0.1, 0.15) is 26.8 Å². The number of hydrogen-bond donors (Lipinski definition) is 4. The number of aromatic nitrogens is 3. The third-order valence-corrected chi connectivity index (χ3v) is 4.96. The number of aliphatic hydroxyl groups excluding tert-OH is 1. The van der Waals surface area contributed by atoms with Gasteiger partial charge in [-0.05, 0) is 28.8 Å². The minimum Gasteiger partial charge on any atom is -0.479 e. The number of benzene rings is 2. The summed E-state index contributed by atoms with van der Waals surface area (Å²) in [7, 11) is 3.05. The normalized spacial score (nSPS) is 11.8. The van der Waals surface area contributed by atoms with Crippen LogP contribution in [0.5, 0.6) is 0 Å². The minimum atomic E-state index is -1.75. The molecular weight excluding hydrogens is 464 g/mol. The molecule has 11 nitrogen and oxygen atoms in total. The molecule has 1 unspecified atom stereocenters. The average Bonchev–Trinajstić information content (AvgIpc) is 3.29. The highest BCUT2D eigenvalue weighted by atomic mass is 35.5. The second-order valence-electron chi connectivity index (χ2n) is 7.59. The zero-order chi connectivity index (χ0) is 24.8. The number of amides is 2. The van der Waals surface area contributed by atoms with E-state index in [0.29, 0.717) is 5.02 Å². The Kier molecular flexibility index (Phi) is 7.95. The first-order chi connectivity index (χ1) is 16.1. The van der Waals surface area contributed by atoms with Gasteiger partial charge in [0.2, 0.25) is 11.6 Å². The number of nitrogens with one attached hydrogen (secondary N) is 2. The lowest BCUT2D eigenvalue weighted by Gasteiger charge is -2.24. The van der Waals surface area contributed by atoms with Gasteiger partial charge < -0.3 is 15.1 Å². The van der Waals surface area contributed by atoms with Crippen LogP contribution >= 0.6 is 11.6 Å². The molecule has 0 saturated carbocycles. The van der Waals surface area contributed by atoms with Gasteiger partial charge in [0.1, 0.15) is 0 Å². The van der Waals surface area contributed by atoms with Crippen LogP contribution in [-0.4, -0.2) is 79.8 Å². The highest BCUT2D eigenvalue weighted by molar-refractivity contribution is 6.30. The molecular formula is C22H23ClN6O5. The lowest BCUT2D eigenvalue weighted by atomic mass is 10.0. The fourth-order valence-electron chi connectivity index (χ4n) is 2.99. The number of halogens is 1. The van der Waals surface area contributed by atoms with E-state index in [2.05, 4.69) is 20.6 Å². The van der Waals surface area contributed by atoms with Gasteiger partial charge in [0, 0.05) is 25.7 Å². The molecule has 178 valence electrons. The third kappa shape index (κ3) is 6.38. The largest absolute Gasteiger partial charge is 0.479 e. The van der Waals surface area contributed by atoms with E-state index in [1.54, 1.807) is 6.07 Å². The summed E-state index contributed by atoms with van der Waals surface area (Å²) in [5.41, 5.74) is 5.08. The summed E-state index contributed by atoms with van der Waals surface area (Å²) in [6.07, 6.45) is -1.75. The van der Waals surface area contributed by atoms with Gasteiger partial charge in [-0.25, -0.2) is 9.80 Å². The molecule has 0 aliphatic rings. The monoisotopic (exact) mass is 486 g/mol. The van der Waals surface area contributed by atoms with Crippen LogP contribution in [0, 0.1) is 0 Å². The topological polar surface area (TPSA) is 152 Å². The molecule has 0 fully saturated rings. The predicted molar refractivity (Wildman–Crippen MR) is 123 cm³/mol. The van der Waals surface area contributed by atoms with Gasteiger partial charge in [-0.2, -0.15) is 4.98 Å². The number of carbonyl (C=O) groups excluding carboxylic acids is 2. The summed E-state index contributed by atoms with van der Waals surface area (Å²) in [6, 6.07) is 14.7. The van der Waals surface area contributed by atoms with Crippen molar-refractivity contribution in [2.75, 3.05) is 20.6 Å². The Balaban J connectivity index is 1.75. The minimum absolute atomic E-state index is 0.0831. The van der Waals surface area contributed by atoms with Gasteiger partial charge in [0.25, 0.3) is 5.91 Å². The third-order valence-electron chi connectivity index (χ3n) is 4.72. The maximum atomic E-state index is 12.6. The number of hydrazine groups is 1. The number of carboxylic acid groups (broad SMARTS) is 1. The first kappa shape index (κ1) is 24.8. The Morgan fingerprint density at radius 1 is 1.12 bits per heavy atom. The zero-order valence-electron chi connectivity index (χ0n) is 18.4. The number of H-pyrrole nitrogens is 1. The molecule has 0 saturated heterocycles. The smallest absolute Gasteiger partial charge is 0.333 e. The average molecular weight is 487 g/mol. The van der Waals surface area contributed by atoms with Crippen molar-refractivity contribution in [1.82, 2.24) is 30.5 Å². The van der Waals surface area contributed by atoms with Crippen molar-refractivity contribution in [3.05, 3.63) is 70.8 Å². The van der Waals surface area contributed by atoms with Gasteiger partial charge >= 0.3 is 11.9 Å². The summed E-state index contributed by atoms with van der Waals surface area (Å²) < 4.78 is 0. The van der Waals surface area contributed by atoms with Gasteiger partial charge in [-0.3, -0.25) is 20.1 Å². The summed E-state index contributed by atoms with van der Waals surface area (Å²) >= 11 is 6.05. The highest BCUT2D eigenvalue weighted by Gasteiger charge is 2.23. The number of carboxylic acids is 1. The highest BCUT2D eigenvalue weighted by Crippen LogP contribution is 2.23. The number of hydrogen-bond acceptors (Lipinski definition) is 7. The lowest BCUT2D eigenvalue weighted by molar-refractivity contribution is -0.148. The maximum Gasteiger partial charge on any atom is 0.333 e. The number of aliphatic carboxylic acids is 1. The Morgan fingerprint density at radius 3 is 2.44 bits per heavy atom. The van der Waals surface area contributed by atoms with Crippen molar-refractivity contribution >= 4 is 29.4 Å². The SMILES string of the molecule is CN(C)C(=O)c1nc(C(=O)NN(Cc2ccc(-c3cccc(Cl)c3)cc2)CC(O)C(=O)O)n[nH]1. The molecule has 2 amide bonds. The van der Waals surface area contributed by atoms with Crippen LogP contribution in [-0.2, 0) is 11.3 Å². The van der Waals surface area contributed by atoms with E-state index in [9.17, 15) is 19.5 Å². The molecule has 34 heavy (non-hydrogen) atoms. The van der Waals surface area contributed by atoms with Gasteiger partial charge in [-0.1, -0.05) is 48.0 Å². The molecule has 0 aliphatic heterocycles. The molecule has 0 bridgehead atoms. The van der Waals surface area contributed by atoms with Crippen molar-refractivity contribution < 1.29 is 24.6 Å². The fourth-order valence-corrected chi connectivity index (χ4v) is 3.18. The Morgan fingerprint density at radius 2 is 1.82 bits per heavy atom. The van der Waals surface area contributed by atoms with E-state index >= 15 is 0 Å². The molecule has 0 aliphatic carbocycles. The Hall–Kier alpha value is -3.80. The molecule has 12 heteroatoms. The predicted octanol–water partition coefficient (Wildman–Crippen LogP) is 1.42. The van der Waals surface area contributed by atoms with Crippen molar-refractivity contribution in [2.45, 2.75) is 12.6 Å². The van der Waals surface area contributed by atoms with Gasteiger partial charge in [-0.15, -0.1) is 5.10 Å². The van der Waals surface area contributed by atoms with E-state index in [4.69, 9.17) is 16.7 Å². The molecule has 1 atom stereocenters. The van der Waals surface area contributed by atoms with E-state index in [1.165, 1.54) is 24.0 Å². The zero-order valence-corrected chi connectivity index (χ0v) is 19.2. The molecule has 0 spiro atoms. The van der Waals surface area contributed by atoms with E-state index < -0.39 is 30.4 Å². The molecule has 3 rings (SSSR count). The van der Waals surface area contributed by atoms with Crippen molar-refractivity contribution in [1.29, 1.82) is 0 Å². The summed E-state index contributed by atoms with van der Waals surface area (Å²) in [4.78, 5) is 40.8.